The monoisotopic (exact) mass is 389 g/mol. The number of esters is 1. The van der Waals surface area contributed by atoms with Gasteiger partial charge in [-0.2, -0.15) is 0 Å². The van der Waals surface area contributed by atoms with Crippen molar-refractivity contribution in [3.8, 4) is 11.5 Å². The van der Waals surface area contributed by atoms with Crippen molar-refractivity contribution in [1.29, 1.82) is 0 Å². The largest absolute Gasteiger partial charge is 0.493 e. The van der Waals surface area contributed by atoms with Crippen LogP contribution in [-0.4, -0.2) is 50.7 Å². The molecule has 0 atom stereocenters. The summed E-state index contributed by atoms with van der Waals surface area (Å²) in [6, 6.07) is 5.12. The minimum absolute atomic E-state index is 0.123. The molecule has 2 rings (SSSR count). The van der Waals surface area contributed by atoms with E-state index in [1.54, 1.807) is 44.2 Å². The van der Waals surface area contributed by atoms with Gasteiger partial charge in [0.25, 0.3) is 5.91 Å². The van der Waals surface area contributed by atoms with Crippen LogP contribution in [0.5, 0.6) is 11.5 Å². The van der Waals surface area contributed by atoms with Crippen LogP contribution in [0.1, 0.15) is 55.8 Å². The Balaban J connectivity index is 2.12. The van der Waals surface area contributed by atoms with Crippen LogP contribution in [0.15, 0.2) is 29.8 Å². The lowest BCUT2D eigenvalue weighted by molar-refractivity contribution is -0.143. The Kier molecular flexibility index (Phi) is 8.85. The van der Waals surface area contributed by atoms with Crippen molar-refractivity contribution in [2.24, 2.45) is 0 Å². The maximum absolute atomic E-state index is 13.1. The van der Waals surface area contributed by atoms with Crippen molar-refractivity contribution in [2.45, 2.75) is 45.4 Å². The Hall–Kier alpha value is -2.50. The molecule has 0 N–H and O–H groups in total. The van der Waals surface area contributed by atoms with Gasteiger partial charge in [0.1, 0.15) is 0 Å². The topological polar surface area (TPSA) is 65.1 Å². The van der Waals surface area contributed by atoms with Crippen molar-refractivity contribution in [3.63, 3.8) is 0 Å². The van der Waals surface area contributed by atoms with E-state index in [0.717, 1.165) is 19.3 Å². The number of hydrogen-bond acceptors (Lipinski definition) is 5. The third kappa shape index (κ3) is 6.29. The summed E-state index contributed by atoms with van der Waals surface area (Å²) >= 11 is 0. The van der Waals surface area contributed by atoms with Gasteiger partial charge in [0.2, 0.25) is 0 Å². The fourth-order valence-electron chi connectivity index (χ4n) is 3.34. The zero-order valence-corrected chi connectivity index (χ0v) is 17.2. The lowest BCUT2D eigenvalue weighted by Crippen LogP contribution is -2.34. The fourth-order valence-corrected chi connectivity index (χ4v) is 3.34. The zero-order chi connectivity index (χ0) is 20.4. The Labute approximate surface area is 167 Å². The number of allylic oxidation sites excluding steroid dienone is 1. The average Bonchev–Trinajstić information content (AvgIpc) is 2.73. The zero-order valence-electron chi connectivity index (χ0n) is 17.2. The van der Waals surface area contributed by atoms with Crippen LogP contribution in [0.3, 0.4) is 0 Å². The maximum atomic E-state index is 13.1. The van der Waals surface area contributed by atoms with Gasteiger partial charge in [-0.15, -0.1) is 0 Å². The summed E-state index contributed by atoms with van der Waals surface area (Å²) in [4.78, 5) is 26.6. The van der Waals surface area contributed by atoms with Gasteiger partial charge in [0, 0.05) is 18.7 Å². The second kappa shape index (κ2) is 11.4. The van der Waals surface area contributed by atoms with E-state index in [1.807, 2.05) is 0 Å². The van der Waals surface area contributed by atoms with Gasteiger partial charge >= 0.3 is 5.97 Å². The molecule has 6 heteroatoms. The minimum Gasteiger partial charge on any atom is -0.493 e. The first kappa shape index (κ1) is 21.8. The normalized spacial score (nSPS) is 13.5. The van der Waals surface area contributed by atoms with Crippen molar-refractivity contribution in [2.75, 3.05) is 33.9 Å². The van der Waals surface area contributed by atoms with Crippen LogP contribution in [0.2, 0.25) is 0 Å². The molecule has 1 amide bonds. The van der Waals surface area contributed by atoms with Gasteiger partial charge in [-0.1, -0.05) is 11.6 Å². The highest BCUT2D eigenvalue weighted by Gasteiger charge is 2.20. The number of amides is 1. The van der Waals surface area contributed by atoms with Gasteiger partial charge in [0.05, 0.1) is 27.2 Å². The Morgan fingerprint density at radius 2 is 1.86 bits per heavy atom. The number of methoxy groups -OCH3 is 2. The van der Waals surface area contributed by atoms with Crippen molar-refractivity contribution in [3.05, 3.63) is 35.4 Å². The Morgan fingerprint density at radius 1 is 1.07 bits per heavy atom. The number of benzene rings is 1. The molecule has 28 heavy (non-hydrogen) atoms. The van der Waals surface area contributed by atoms with Crippen LogP contribution < -0.4 is 9.47 Å². The summed E-state index contributed by atoms with van der Waals surface area (Å²) in [5.41, 5.74) is 1.91. The second-order valence-corrected chi connectivity index (χ2v) is 6.78. The summed E-state index contributed by atoms with van der Waals surface area (Å²) in [6.45, 7) is 3.03. The van der Waals surface area contributed by atoms with Crippen LogP contribution in [0.25, 0.3) is 0 Å². The molecule has 6 nitrogen and oxygen atoms in total. The quantitative estimate of drug-likeness (QED) is 0.447. The molecule has 0 saturated carbocycles. The van der Waals surface area contributed by atoms with Crippen molar-refractivity contribution >= 4 is 11.9 Å². The first-order chi connectivity index (χ1) is 13.6. The Morgan fingerprint density at radius 3 is 2.50 bits per heavy atom. The highest BCUT2D eigenvalue weighted by Crippen LogP contribution is 2.28. The molecule has 1 aromatic rings. The van der Waals surface area contributed by atoms with E-state index in [9.17, 15) is 9.59 Å². The molecule has 0 radical (unpaired) electrons. The molecule has 1 aliphatic rings. The number of rotatable bonds is 10. The standard InChI is InChI=1S/C22H31NO5/c1-4-28-21(24)13-15-23(14-12-17-8-6-5-7-9-17)22(25)18-10-11-19(26-2)20(16-18)27-3/h8,10-11,16H,4-7,9,12-15H2,1-3H3. The lowest BCUT2D eigenvalue weighted by atomic mass is 9.97. The van der Waals surface area contributed by atoms with E-state index < -0.39 is 0 Å². The van der Waals surface area contributed by atoms with Crippen LogP contribution >= 0.6 is 0 Å². The van der Waals surface area contributed by atoms with Crippen molar-refractivity contribution in [1.82, 2.24) is 4.90 Å². The molecule has 0 heterocycles. The first-order valence-electron chi connectivity index (χ1n) is 9.93. The number of carbonyl (C=O) groups is 2. The summed E-state index contributed by atoms with van der Waals surface area (Å²) in [5, 5.41) is 0. The van der Waals surface area contributed by atoms with Crippen LogP contribution in [-0.2, 0) is 9.53 Å². The third-order valence-electron chi connectivity index (χ3n) is 4.90. The predicted octanol–water partition coefficient (Wildman–Crippen LogP) is 3.99. The number of nitrogens with zero attached hydrogens (tertiary/aromatic N) is 1. The van der Waals surface area contributed by atoms with Gasteiger partial charge in [-0.25, -0.2) is 0 Å². The summed E-state index contributed by atoms with van der Waals surface area (Å²) in [7, 11) is 3.10. The van der Waals surface area contributed by atoms with Crippen LogP contribution in [0, 0.1) is 0 Å². The molecule has 0 saturated heterocycles. The summed E-state index contributed by atoms with van der Waals surface area (Å²) in [6.07, 6.45) is 7.96. The third-order valence-corrected chi connectivity index (χ3v) is 4.90. The molecule has 0 spiro atoms. The van der Waals surface area contributed by atoms with E-state index in [-0.39, 0.29) is 18.3 Å². The van der Waals surface area contributed by atoms with E-state index in [0.29, 0.717) is 36.8 Å². The molecule has 0 bridgehead atoms. The van der Waals surface area contributed by atoms with Crippen LogP contribution in [0.4, 0.5) is 0 Å². The first-order valence-corrected chi connectivity index (χ1v) is 9.93. The molecular weight excluding hydrogens is 358 g/mol. The molecule has 0 aromatic heterocycles. The van der Waals surface area contributed by atoms with Gasteiger partial charge < -0.3 is 19.1 Å². The van der Waals surface area contributed by atoms with Crippen molar-refractivity contribution < 1.29 is 23.8 Å². The minimum atomic E-state index is -0.288. The average molecular weight is 389 g/mol. The second-order valence-electron chi connectivity index (χ2n) is 6.78. The van der Waals surface area contributed by atoms with E-state index in [4.69, 9.17) is 14.2 Å². The molecule has 1 aromatic carbocycles. The SMILES string of the molecule is CCOC(=O)CCN(CCC1=CCCCC1)C(=O)c1ccc(OC)c(OC)c1. The smallest absolute Gasteiger partial charge is 0.307 e. The predicted molar refractivity (Wildman–Crippen MR) is 108 cm³/mol. The molecule has 0 aliphatic heterocycles. The number of ether oxygens (including phenoxy) is 3. The number of carbonyl (C=O) groups excluding carboxylic acids is 2. The van der Waals surface area contributed by atoms with E-state index >= 15 is 0 Å². The van der Waals surface area contributed by atoms with E-state index in [1.165, 1.54) is 18.4 Å². The maximum Gasteiger partial charge on any atom is 0.307 e. The Bertz CT molecular complexity index is 698. The van der Waals surface area contributed by atoms with Gasteiger partial charge in [-0.05, 0) is 57.2 Å². The lowest BCUT2D eigenvalue weighted by Gasteiger charge is -2.24. The summed E-state index contributed by atoms with van der Waals surface area (Å²) in [5.74, 6) is 0.671. The highest BCUT2D eigenvalue weighted by atomic mass is 16.5. The molecule has 0 unspecified atom stereocenters. The van der Waals surface area contributed by atoms with E-state index in [2.05, 4.69) is 6.08 Å². The molecule has 1 aliphatic carbocycles. The highest BCUT2D eigenvalue weighted by molar-refractivity contribution is 5.95. The molecular formula is C22H31NO5. The number of hydrogen-bond donors (Lipinski definition) is 0. The molecule has 154 valence electrons. The van der Waals surface area contributed by atoms with Gasteiger partial charge in [-0.3, -0.25) is 9.59 Å². The summed E-state index contributed by atoms with van der Waals surface area (Å²) < 4.78 is 15.6. The van der Waals surface area contributed by atoms with Gasteiger partial charge in [0.15, 0.2) is 11.5 Å². The molecule has 0 fully saturated rings. The fraction of sp³-hybridized carbons (Fsp3) is 0.545.